The summed E-state index contributed by atoms with van der Waals surface area (Å²) in [5.74, 6) is -0.0673. The number of rotatable bonds is 2. The molecule has 4 heterocycles. The highest BCUT2D eigenvalue weighted by Gasteiger charge is 2.29. The molecular formula is C21H21N5O3S. The smallest absolute Gasteiger partial charge is 0.326 e. The molecule has 0 radical (unpaired) electrons. The lowest BCUT2D eigenvalue weighted by Gasteiger charge is -2.32. The molecule has 1 N–H and O–H groups in total. The van der Waals surface area contributed by atoms with Gasteiger partial charge in [0, 0.05) is 26.2 Å². The second-order valence-electron chi connectivity index (χ2n) is 7.74. The lowest BCUT2D eigenvalue weighted by molar-refractivity contribution is 0.0699. The first-order chi connectivity index (χ1) is 14.5. The van der Waals surface area contributed by atoms with Crippen LogP contribution >= 0.6 is 11.3 Å². The molecule has 4 aromatic rings. The molecular weight excluding hydrogens is 402 g/mol. The molecule has 8 nitrogen and oxygen atoms in total. The van der Waals surface area contributed by atoms with E-state index < -0.39 is 0 Å². The zero-order valence-electron chi connectivity index (χ0n) is 16.7. The van der Waals surface area contributed by atoms with Crippen LogP contribution in [0.25, 0.3) is 21.3 Å². The van der Waals surface area contributed by atoms with Crippen molar-refractivity contribution >= 4 is 38.5 Å². The second kappa shape index (κ2) is 6.94. The first-order valence-corrected chi connectivity index (χ1v) is 10.7. The summed E-state index contributed by atoms with van der Waals surface area (Å²) in [4.78, 5) is 48.3. The molecule has 30 heavy (non-hydrogen) atoms. The monoisotopic (exact) mass is 423 g/mol. The van der Waals surface area contributed by atoms with Gasteiger partial charge >= 0.3 is 5.69 Å². The molecule has 1 amide bonds. The third kappa shape index (κ3) is 2.80. The quantitative estimate of drug-likeness (QED) is 0.536. The number of thiophene rings is 1. The van der Waals surface area contributed by atoms with Crippen molar-refractivity contribution in [3.63, 3.8) is 0 Å². The molecule has 0 unspecified atom stereocenters. The molecule has 5 rings (SSSR count). The van der Waals surface area contributed by atoms with Crippen molar-refractivity contribution in [3.8, 4) is 0 Å². The highest BCUT2D eigenvalue weighted by molar-refractivity contribution is 7.20. The van der Waals surface area contributed by atoms with Crippen LogP contribution in [0.5, 0.6) is 0 Å². The summed E-state index contributed by atoms with van der Waals surface area (Å²) in [6.07, 6.45) is 2.90. The minimum Gasteiger partial charge on any atom is -0.338 e. The van der Waals surface area contributed by atoms with E-state index in [4.69, 9.17) is 0 Å². The summed E-state index contributed by atoms with van der Waals surface area (Å²) in [5, 5.41) is 0.522. The lowest BCUT2D eigenvalue weighted by atomic mass is 10.0. The predicted molar refractivity (Wildman–Crippen MR) is 116 cm³/mol. The molecule has 154 valence electrons. The maximum Gasteiger partial charge on any atom is 0.326 e. The number of aromatic amines is 1. The van der Waals surface area contributed by atoms with Crippen molar-refractivity contribution < 1.29 is 4.79 Å². The number of para-hydroxylation sites is 2. The predicted octanol–water partition coefficient (Wildman–Crippen LogP) is 2.42. The number of imidazole rings is 1. The van der Waals surface area contributed by atoms with Gasteiger partial charge in [0.25, 0.3) is 11.5 Å². The first-order valence-electron chi connectivity index (χ1n) is 9.89. The number of nitrogens with zero attached hydrogens (tertiary/aromatic N) is 4. The zero-order chi connectivity index (χ0) is 21.0. The van der Waals surface area contributed by atoms with Crippen LogP contribution in [-0.2, 0) is 7.05 Å². The number of nitrogens with one attached hydrogen (secondary N) is 1. The molecule has 0 saturated carbocycles. The molecule has 0 bridgehead atoms. The highest BCUT2D eigenvalue weighted by atomic mass is 32.1. The fourth-order valence-electron chi connectivity index (χ4n) is 4.32. The van der Waals surface area contributed by atoms with Gasteiger partial charge in [-0.15, -0.1) is 11.3 Å². The van der Waals surface area contributed by atoms with E-state index in [1.165, 1.54) is 22.2 Å². The van der Waals surface area contributed by atoms with Gasteiger partial charge in [0.05, 0.1) is 27.6 Å². The normalized spacial score (nSPS) is 15.3. The Hall–Kier alpha value is -3.20. The number of aryl methyl sites for hydroxylation is 2. The number of aromatic nitrogens is 4. The molecule has 1 saturated heterocycles. The molecule has 1 aromatic carbocycles. The molecule has 1 fully saturated rings. The largest absolute Gasteiger partial charge is 0.338 e. The van der Waals surface area contributed by atoms with E-state index in [0.29, 0.717) is 46.6 Å². The number of piperidine rings is 1. The maximum absolute atomic E-state index is 13.2. The van der Waals surface area contributed by atoms with E-state index in [1.807, 2.05) is 40.7 Å². The number of benzene rings is 1. The van der Waals surface area contributed by atoms with Gasteiger partial charge in [0.15, 0.2) is 0 Å². The lowest BCUT2D eigenvalue weighted by Crippen LogP contribution is -2.40. The Balaban J connectivity index is 1.40. The number of amides is 1. The molecule has 3 aromatic heterocycles. The van der Waals surface area contributed by atoms with Crippen molar-refractivity contribution in [2.45, 2.75) is 25.8 Å². The van der Waals surface area contributed by atoms with Crippen molar-refractivity contribution in [3.05, 3.63) is 61.9 Å². The van der Waals surface area contributed by atoms with Crippen LogP contribution in [0.4, 0.5) is 0 Å². The van der Waals surface area contributed by atoms with Crippen molar-refractivity contribution in [1.82, 2.24) is 24.0 Å². The van der Waals surface area contributed by atoms with Crippen molar-refractivity contribution in [2.24, 2.45) is 7.05 Å². The Kier molecular flexibility index (Phi) is 4.35. The van der Waals surface area contributed by atoms with Gasteiger partial charge in [-0.1, -0.05) is 12.1 Å². The van der Waals surface area contributed by atoms with E-state index >= 15 is 0 Å². The second-order valence-corrected chi connectivity index (χ2v) is 8.74. The van der Waals surface area contributed by atoms with Crippen LogP contribution in [0.2, 0.25) is 0 Å². The molecule has 1 aliphatic rings. The number of H-pyrrole nitrogens is 1. The van der Waals surface area contributed by atoms with Gasteiger partial charge in [-0.05, 0) is 37.5 Å². The fourth-order valence-corrected chi connectivity index (χ4v) is 5.43. The van der Waals surface area contributed by atoms with E-state index in [2.05, 4.69) is 9.97 Å². The third-order valence-corrected chi connectivity index (χ3v) is 7.13. The van der Waals surface area contributed by atoms with Crippen LogP contribution in [-0.4, -0.2) is 43.0 Å². The van der Waals surface area contributed by atoms with Gasteiger partial charge in [0.2, 0.25) is 0 Å². The number of carbonyl (C=O) groups is 1. The number of likely N-dealkylation sites (tertiary alicyclic amines) is 1. The van der Waals surface area contributed by atoms with Gasteiger partial charge in [-0.2, -0.15) is 0 Å². The Labute approximate surface area is 175 Å². The molecule has 0 spiro atoms. The van der Waals surface area contributed by atoms with E-state index in [9.17, 15) is 14.4 Å². The standard InChI is InChI=1S/C21H21N5O3S/c1-12-16-18(22-11-24(2)19(16)27)30-17(12)20(28)25-9-7-13(8-10-25)26-15-6-4-3-5-14(15)23-21(26)29/h3-6,11,13H,7-10H2,1-2H3,(H,23,29). The summed E-state index contributed by atoms with van der Waals surface area (Å²) in [7, 11) is 1.66. The Bertz CT molecular complexity index is 1400. The molecule has 9 heteroatoms. The SMILES string of the molecule is Cc1c(C(=O)N2CCC(n3c(=O)[nH]c4ccccc43)CC2)sc2ncn(C)c(=O)c12. The van der Waals surface area contributed by atoms with Crippen LogP contribution in [0, 0.1) is 6.92 Å². The maximum atomic E-state index is 13.2. The zero-order valence-corrected chi connectivity index (χ0v) is 17.5. The van der Waals surface area contributed by atoms with E-state index in [-0.39, 0.29) is 23.2 Å². The molecule has 1 aliphatic heterocycles. The Morgan fingerprint density at radius 1 is 1.20 bits per heavy atom. The molecule has 0 aliphatic carbocycles. The fraction of sp³-hybridized carbons (Fsp3) is 0.333. The average Bonchev–Trinajstić information content (AvgIpc) is 3.27. The van der Waals surface area contributed by atoms with E-state index in [0.717, 1.165) is 11.0 Å². The van der Waals surface area contributed by atoms with Crippen LogP contribution in [0.15, 0.2) is 40.2 Å². The van der Waals surface area contributed by atoms with Gasteiger partial charge in [-0.25, -0.2) is 9.78 Å². The third-order valence-electron chi connectivity index (χ3n) is 5.95. The topological polar surface area (TPSA) is 93.0 Å². The Morgan fingerprint density at radius 2 is 1.93 bits per heavy atom. The van der Waals surface area contributed by atoms with Gasteiger partial charge < -0.3 is 14.5 Å². The van der Waals surface area contributed by atoms with Gasteiger partial charge in [0.1, 0.15) is 4.83 Å². The summed E-state index contributed by atoms with van der Waals surface area (Å²) in [6.45, 7) is 2.94. The first kappa shape index (κ1) is 18.8. The summed E-state index contributed by atoms with van der Waals surface area (Å²) in [6, 6.07) is 7.72. The van der Waals surface area contributed by atoms with Crippen LogP contribution in [0.3, 0.4) is 0 Å². The summed E-state index contributed by atoms with van der Waals surface area (Å²) >= 11 is 1.28. The Morgan fingerprint density at radius 3 is 2.70 bits per heavy atom. The van der Waals surface area contributed by atoms with Crippen molar-refractivity contribution in [2.75, 3.05) is 13.1 Å². The van der Waals surface area contributed by atoms with Gasteiger partial charge in [-0.3, -0.25) is 14.2 Å². The minimum atomic E-state index is -0.134. The van der Waals surface area contributed by atoms with Crippen molar-refractivity contribution in [1.29, 1.82) is 0 Å². The number of hydrogen-bond donors (Lipinski definition) is 1. The highest BCUT2D eigenvalue weighted by Crippen LogP contribution is 2.30. The van der Waals surface area contributed by atoms with Crippen LogP contribution in [0.1, 0.15) is 34.1 Å². The number of hydrogen-bond acceptors (Lipinski definition) is 5. The average molecular weight is 423 g/mol. The summed E-state index contributed by atoms with van der Waals surface area (Å²) in [5.41, 5.74) is 2.18. The minimum absolute atomic E-state index is 0.0511. The summed E-state index contributed by atoms with van der Waals surface area (Å²) < 4.78 is 3.25. The molecule has 0 atom stereocenters. The number of fused-ring (bicyclic) bond motifs is 2. The van der Waals surface area contributed by atoms with E-state index in [1.54, 1.807) is 7.05 Å². The number of carbonyl (C=O) groups excluding carboxylic acids is 1. The van der Waals surface area contributed by atoms with Crippen LogP contribution < -0.4 is 11.2 Å².